The van der Waals surface area contributed by atoms with E-state index in [0.717, 1.165) is 31.4 Å². The van der Waals surface area contributed by atoms with Gasteiger partial charge in [0.25, 0.3) is 0 Å². The maximum atomic E-state index is 10.7. The second kappa shape index (κ2) is 8.45. The maximum absolute atomic E-state index is 10.7. The van der Waals surface area contributed by atoms with Crippen LogP contribution >= 0.6 is 11.3 Å². The molecule has 0 unspecified atom stereocenters. The lowest BCUT2D eigenvalue weighted by Crippen LogP contribution is -2.17. The predicted octanol–water partition coefficient (Wildman–Crippen LogP) is 2.59. The molecule has 1 rings (SSSR count). The number of hydrogen-bond acceptors (Lipinski definition) is 4. The van der Waals surface area contributed by atoms with Gasteiger partial charge in [0.2, 0.25) is 5.91 Å². The summed E-state index contributed by atoms with van der Waals surface area (Å²) in [4.78, 5) is 14.9. The van der Waals surface area contributed by atoms with Crippen LogP contribution in [-0.4, -0.2) is 16.1 Å². The largest absolute Gasteiger partial charge is 0.289 e. The van der Waals surface area contributed by atoms with Gasteiger partial charge >= 0.3 is 0 Å². The third-order valence-electron chi connectivity index (χ3n) is 2.33. The molecular weight excluding hydrogens is 248 g/mol. The Morgan fingerprint density at radius 2 is 2.39 bits per heavy atom. The molecule has 0 bridgehead atoms. The number of nitrogens with one attached hydrogen (secondary N) is 1. The van der Waals surface area contributed by atoms with Crippen LogP contribution < -0.4 is 5.48 Å². The van der Waals surface area contributed by atoms with Gasteiger partial charge in [-0.2, -0.15) is 0 Å². The van der Waals surface area contributed by atoms with Crippen LogP contribution in [0.3, 0.4) is 0 Å². The molecule has 0 fully saturated rings. The number of hydrogen-bond donors (Lipinski definition) is 2. The number of nitrogens with zero attached hydrogens (tertiary/aromatic N) is 1. The second-order valence-electron chi connectivity index (χ2n) is 3.76. The molecule has 2 N–H and O–H groups in total. The Labute approximate surface area is 111 Å². The van der Waals surface area contributed by atoms with E-state index in [1.54, 1.807) is 5.48 Å². The number of allylic oxidation sites excluding steroid dienone is 1. The fraction of sp³-hybridized carbons (Fsp3) is 0.385. The number of carbonyl (C=O) groups is 1. The van der Waals surface area contributed by atoms with Crippen LogP contribution in [-0.2, 0) is 4.79 Å². The zero-order chi connectivity index (χ0) is 13.2. The van der Waals surface area contributed by atoms with E-state index in [1.165, 1.54) is 11.3 Å². The van der Waals surface area contributed by atoms with E-state index in [0.29, 0.717) is 11.4 Å². The van der Waals surface area contributed by atoms with Gasteiger partial charge in [-0.3, -0.25) is 10.0 Å². The average Bonchev–Trinajstić information content (AvgIpc) is 2.85. The molecule has 4 nitrogen and oxygen atoms in total. The molecule has 0 spiro atoms. The highest BCUT2D eigenvalue weighted by Gasteiger charge is 1.97. The van der Waals surface area contributed by atoms with Crippen molar-refractivity contribution in [2.75, 3.05) is 0 Å². The number of terminal acetylenes is 1. The molecule has 5 heteroatoms. The first kappa shape index (κ1) is 14.4. The van der Waals surface area contributed by atoms with E-state index in [1.807, 2.05) is 11.5 Å². The fourth-order valence-electron chi connectivity index (χ4n) is 1.41. The molecular formula is C13H16N2O2S. The molecule has 0 saturated heterocycles. The summed E-state index contributed by atoms with van der Waals surface area (Å²) in [6, 6.07) is 0. The highest BCUT2D eigenvalue weighted by molar-refractivity contribution is 7.10. The van der Waals surface area contributed by atoms with Crippen LogP contribution in [0.25, 0.3) is 6.08 Å². The second-order valence-corrected chi connectivity index (χ2v) is 4.62. The molecule has 96 valence electrons. The molecule has 0 atom stereocenters. The summed E-state index contributed by atoms with van der Waals surface area (Å²) in [6.45, 7) is 0. The summed E-state index contributed by atoms with van der Waals surface area (Å²) >= 11 is 1.46. The Kier molecular flexibility index (Phi) is 6.77. The minimum absolute atomic E-state index is 0.324. The minimum Gasteiger partial charge on any atom is -0.289 e. The van der Waals surface area contributed by atoms with Crippen molar-refractivity contribution in [2.24, 2.45) is 0 Å². The van der Waals surface area contributed by atoms with Crippen molar-refractivity contribution in [3.05, 3.63) is 22.2 Å². The van der Waals surface area contributed by atoms with Gasteiger partial charge in [0.05, 0.1) is 5.69 Å². The Balaban J connectivity index is 2.11. The zero-order valence-electron chi connectivity index (χ0n) is 10.1. The van der Waals surface area contributed by atoms with E-state index >= 15 is 0 Å². The topological polar surface area (TPSA) is 62.2 Å². The van der Waals surface area contributed by atoms with Crippen LogP contribution in [0.2, 0.25) is 0 Å². The SMILES string of the molecule is C#Cc1nc(C=CCCCCCC(=O)NO)cs1. The van der Waals surface area contributed by atoms with Gasteiger partial charge in [-0.1, -0.05) is 12.5 Å². The molecule has 1 aromatic rings. The van der Waals surface area contributed by atoms with E-state index in [2.05, 4.69) is 17.0 Å². The summed E-state index contributed by atoms with van der Waals surface area (Å²) in [6.07, 6.45) is 13.3. The summed E-state index contributed by atoms with van der Waals surface area (Å²) in [7, 11) is 0. The first-order chi connectivity index (χ1) is 8.76. The van der Waals surface area contributed by atoms with Crippen molar-refractivity contribution in [3.63, 3.8) is 0 Å². The van der Waals surface area contributed by atoms with Gasteiger partial charge in [0.1, 0.15) is 0 Å². The molecule has 0 saturated carbocycles. The molecule has 1 heterocycles. The van der Waals surface area contributed by atoms with Gasteiger partial charge in [-0.25, -0.2) is 10.5 Å². The highest BCUT2D eigenvalue weighted by atomic mass is 32.1. The summed E-state index contributed by atoms with van der Waals surface area (Å²) in [5.74, 6) is 2.17. The zero-order valence-corrected chi connectivity index (χ0v) is 10.9. The smallest absolute Gasteiger partial charge is 0.243 e. The predicted molar refractivity (Wildman–Crippen MR) is 72.1 cm³/mol. The van der Waals surface area contributed by atoms with Crippen molar-refractivity contribution < 1.29 is 10.0 Å². The summed E-state index contributed by atoms with van der Waals surface area (Å²) in [5.41, 5.74) is 2.52. The Morgan fingerprint density at radius 1 is 1.56 bits per heavy atom. The molecule has 0 aliphatic rings. The highest BCUT2D eigenvalue weighted by Crippen LogP contribution is 2.11. The van der Waals surface area contributed by atoms with Gasteiger partial charge in [-0.15, -0.1) is 17.8 Å². The lowest BCUT2D eigenvalue weighted by atomic mass is 10.1. The standard InChI is InChI=1S/C13H16N2O2S/c1-2-13-14-11(10-18-13)8-6-4-3-5-7-9-12(16)15-17/h1,6,8,10,17H,3-5,7,9H2,(H,15,16). The molecule has 1 aromatic heterocycles. The van der Waals surface area contributed by atoms with E-state index in [-0.39, 0.29) is 5.91 Å². The van der Waals surface area contributed by atoms with Crippen molar-refractivity contribution in [3.8, 4) is 12.3 Å². The third kappa shape index (κ3) is 5.62. The number of unbranched alkanes of at least 4 members (excludes halogenated alkanes) is 3. The lowest BCUT2D eigenvalue weighted by molar-refractivity contribution is -0.129. The van der Waals surface area contributed by atoms with Crippen molar-refractivity contribution in [1.29, 1.82) is 0 Å². The Morgan fingerprint density at radius 3 is 3.06 bits per heavy atom. The van der Waals surface area contributed by atoms with Crippen molar-refractivity contribution in [1.82, 2.24) is 10.5 Å². The normalized spacial score (nSPS) is 10.4. The molecule has 0 aliphatic carbocycles. The minimum atomic E-state index is -0.324. The van der Waals surface area contributed by atoms with E-state index in [4.69, 9.17) is 11.6 Å². The molecule has 0 aliphatic heterocycles. The Hall–Kier alpha value is -1.64. The average molecular weight is 264 g/mol. The molecule has 0 radical (unpaired) electrons. The summed E-state index contributed by atoms with van der Waals surface area (Å²) < 4.78 is 0. The van der Waals surface area contributed by atoms with Crippen molar-refractivity contribution >= 4 is 23.3 Å². The van der Waals surface area contributed by atoms with Crippen LogP contribution in [0.1, 0.15) is 42.8 Å². The van der Waals surface area contributed by atoms with Gasteiger partial charge in [0.15, 0.2) is 5.01 Å². The molecule has 18 heavy (non-hydrogen) atoms. The number of carbonyl (C=O) groups excluding carboxylic acids is 1. The molecule has 0 aromatic carbocycles. The molecule has 1 amide bonds. The maximum Gasteiger partial charge on any atom is 0.243 e. The fourth-order valence-corrected chi connectivity index (χ4v) is 2.00. The van der Waals surface area contributed by atoms with Gasteiger partial charge in [-0.05, 0) is 31.3 Å². The Bertz CT molecular complexity index is 446. The monoisotopic (exact) mass is 264 g/mol. The van der Waals surface area contributed by atoms with Gasteiger partial charge in [0, 0.05) is 11.8 Å². The van der Waals surface area contributed by atoms with Crippen LogP contribution in [0.4, 0.5) is 0 Å². The van der Waals surface area contributed by atoms with E-state index < -0.39 is 0 Å². The van der Waals surface area contributed by atoms with E-state index in [9.17, 15) is 4.79 Å². The number of hydroxylamine groups is 1. The quantitative estimate of drug-likeness (QED) is 0.344. The van der Waals surface area contributed by atoms with Crippen LogP contribution in [0, 0.1) is 12.3 Å². The number of aromatic nitrogens is 1. The van der Waals surface area contributed by atoms with Gasteiger partial charge < -0.3 is 0 Å². The summed E-state index contributed by atoms with van der Waals surface area (Å²) in [5, 5.41) is 10.9. The van der Waals surface area contributed by atoms with Crippen molar-refractivity contribution in [2.45, 2.75) is 32.1 Å². The third-order valence-corrected chi connectivity index (χ3v) is 3.13. The number of amides is 1. The number of rotatable bonds is 7. The van der Waals surface area contributed by atoms with Crippen LogP contribution in [0.15, 0.2) is 11.5 Å². The first-order valence-corrected chi connectivity index (χ1v) is 6.66. The first-order valence-electron chi connectivity index (χ1n) is 5.78. The van der Waals surface area contributed by atoms with Crippen LogP contribution in [0.5, 0.6) is 0 Å². The lowest BCUT2D eigenvalue weighted by Gasteiger charge is -1.97. The number of thiazole rings is 1.